The zero-order valence-electron chi connectivity index (χ0n) is 20.7. The molecule has 6 heteroatoms. The Morgan fingerprint density at radius 1 is 0.919 bits per heavy atom. The number of hydrogen-bond acceptors (Lipinski definition) is 3. The van der Waals surface area contributed by atoms with Crippen LogP contribution in [0.1, 0.15) is 17.0 Å². The predicted molar refractivity (Wildman–Crippen MR) is 149 cm³/mol. The van der Waals surface area contributed by atoms with E-state index in [0.29, 0.717) is 26.1 Å². The molecule has 0 aliphatic carbocycles. The first-order valence-electron chi connectivity index (χ1n) is 12.3. The van der Waals surface area contributed by atoms with Crippen LogP contribution in [-0.4, -0.2) is 22.1 Å². The second-order valence-corrected chi connectivity index (χ2v) is 9.35. The van der Waals surface area contributed by atoms with Gasteiger partial charge >= 0.3 is 0 Å². The Hall–Kier alpha value is -4.09. The molecule has 0 saturated heterocycles. The molecule has 1 heterocycles. The molecule has 0 spiro atoms. The fourth-order valence-corrected chi connectivity index (χ4v) is 4.46. The number of rotatable bonds is 9. The molecule has 0 saturated carbocycles. The van der Waals surface area contributed by atoms with Crippen LogP contribution in [0.5, 0.6) is 5.75 Å². The number of amides is 1. The average Bonchev–Trinajstić information content (AvgIpc) is 3.28. The van der Waals surface area contributed by atoms with Gasteiger partial charge in [0.2, 0.25) is 5.91 Å². The van der Waals surface area contributed by atoms with Crippen molar-refractivity contribution in [1.82, 2.24) is 14.9 Å². The maximum Gasteiger partial charge on any atom is 0.224 e. The Kier molecular flexibility index (Phi) is 7.52. The highest BCUT2D eigenvalue weighted by Gasteiger charge is 2.12. The lowest BCUT2D eigenvalue weighted by Crippen LogP contribution is -2.26. The molecule has 5 nitrogen and oxygen atoms in total. The molecule has 37 heavy (non-hydrogen) atoms. The molecule has 186 valence electrons. The Labute approximate surface area is 221 Å². The van der Waals surface area contributed by atoms with Crippen molar-refractivity contribution < 1.29 is 9.53 Å². The van der Waals surface area contributed by atoms with Crippen molar-refractivity contribution >= 4 is 28.5 Å². The van der Waals surface area contributed by atoms with E-state index in [1.54, 1.807) is 0 Å². The number of imidazole rings is 1. The molecular formula is C31H28ClN3O2. The second-order valence-electron chi connectivity index (χ2n) is 8.94. The number of aryl methyl sites for hydroxylation is 1. The molecule has 1 N–H and O–H groups in total. The van der Waals surface area contributed by atoms with E-state index in [9.17, 15) is 4.79 Å². The molecule has 0 bridgehead atoms. The van der Waals surface area contributed by atoms with Crippen LogP contribution < -0.4 is 10.1 Å². The minimum Gasteiger partial charge on any atom is -0.492 e. The number of benzene rings is 4. The van der Waals surface area contributed by atoms with Gasteiger partial charge in [0, 0.05) is 5.02 Å². The summed E-state index contributed by atoms with van der Waals surface area (Å²) in [7, 11) is 0. The van der Waals surface area contributed by atoms with Crippen LogP contribution in [0.2, 0.25) is 5.02 Å². The molecule has 0 fully saturated rings. The van der Waals surface area contributed by atoms with Crippen molar-refractivity contribution in [3.8, 4) is 16.9 Å². The van der Waals surface area contributed by atoms with Gasteiger partial charge in [-0.1, -0.05) is 78.3 Å². The van der Waals surface area contributed by atoms with Crippen molar-refractivity contribution in [2.75, 3.05) is 6.61 Å². The fraction of sp³-hybridized carbons (Fsp3) is 0.161. The number of halogens is 1. The van der Waals surface area contributed by atoms with E-state index in [0.717, 1.165) is 49.9 Å². The van der Waals surface area contributed by atoms with E-state index in [1.807, 2.05) is 79.7 Å². The monoisotopic (exact) mass is 509 g/mol. The summed E-state index contributed by atoms with van der Waals surface area (Å²) in [4.78, 5) is 17.5. The van der Waals surface area contributed by atoms with Crippen LogP contribution in [0.15, 0.2) is 97.1 Å². The lowest BCUT2D eigenvalue weighted by molar-refractivity contribution is -0.120. The number of para-hydroxylation sites is 2. The summed E-state index contributed by atoms with van der Waals surface area (Å²) in [6.45, 7) is 3.37. The standard InChI is InChI=1S/C31H28ClN3O2/c1-22-19-26(15-16-27(22)32)37-18-17-35-29-10-6-5-9-28(29)34-30(35)21-33-31(36)20-23-11-13-25(14-12-23)24-7-3-2-4-8-24/h2-16,19H,17-18,20-21H2,1H3,(H,33,36). The van der Waals surface area contributed by atoms with E-state index in [2.05, 4.69) is 34.1 Å². The van der Waals surface area contributed by atoms with Gasteiger partial charge in [-0.25, -0.2) is 4.98 Å². The van der Waals surface area contributed by atoms with Gasteiger partial charge in [0.25, 0.3) is 0 Å². The summed E-state index contributed by atoms with van der Waals surface area (Å²) in [5.74, 6) is 1.53. The third-order valence-electron chi connectivity index (χ3n) is 6.32. The number of hydrogen-bond donors (Lipinski definition) is 1. The zero-order chi connectivity index (χ0) is 25.6. The van der Waals surface area contributed by atoms with E-state index < -0.39 is 0 Å². The third kappa shape index (κ3) is 6.01. The van der Waals surface area contributed by atoms with Gasteiger partial charge in [0.05, 0.1) is 30.5 Å². The van der Waals surface area contributed by atoms with Crippen LogP contribution in [0.3, 0.4) is 0 Å². The molecule has 0 aliphatic rings. The van der Waals surface area contributed by atoms with Crippen LogP contribution in [0.25, 0.3) is 22.2 Å². The minimum absolute atomic E-state index is 0.0426. The van der Waals surface area contributed by atoms with E-state index >= 15 is 0 Å². The number of aromatic nitrogens is 2. The summed E-state index contributed by atoms with van der Waals surface area (Å²) in [6.07, 6.45) is 0.314. The highest BCUT2D eigenvalue weighted by molar-refractivity contribution is 6.31. The van der Waals surface area contributed by atoms with E-state index in [-0.39, 0.29) is 5.91 Å². The van der Waals surface area contributed by atoms with E-state index in [4.69, 9.17) is 21.3 Å². The van der Waals surface area contributed by atoms with Crippen molar-refractivity contribution in [3.05, 3.63) is 119 Å². The first-order chi connectivity index (χ1) is 18.1. The number of carbonyl (C=O) groups excluding carboxylic acids is 1. The van der Waals surface area contributed by atoms with Gasteiger partial charge in [-0.2, -0.15) is 0 Å². The van der Waals surface area contributed by atoms with Gasteiger partial charge in [-0.15, -0.1) is 0 Å². The molecule has 5 rings (SSSR count). The number of fused-ring (bicyclic) bond motifs is 1. The molecule has 0 atom stereocenters. The molecular weight excluding hydrogens is 482 g/mol. The summed E-state index contributed by atoms with van der Waals surface area (Å²) < 4.78 is 8.07. The molecule has 1 aromatic heterocycles. The maximum atomic E-state index is 12.7. The SMILES string of the molecule is Cc1cc(OCCn2c(CNC(=O)Cc3ccc(-c4ccccc4)cc3)nc3ccccc32)ccc1Cl. The highest BCUT2D eigenvalue weighted by atomic mass is 35.5. The molecule has 0 unspecified atom stereocenters. The highest BCUT2D eigenvalue weighted by Crippen LogP contribution is 2.22. The number of nitrogens with one attached hydrogen (secondary N) is 1. The second kappa shape index (κ2) is 11.3. The van der Waals surface area contributed by atoms with Crippen LogP contribution in [0.4, 0.5) is 0 Å². The Bertz CT molecular complexity index is 1510. The van der Waals surface area contributed by atoms with Crippen molar-refractivity contribution in [2.24, 2.45) is 0 Å². The summed E-state index contributed by atoms with van der Waals surface area (Å²) in [6, 6.07) is 32.0. The van der Waals surface area contributed by atoms with Gasteiger partial charge in [-0.3, -0.25) is 4.79 Å². The smallest absolute Gasteiger partial charge is 0.224 e. The van der Waals surface area contributed by atoms with Crippen LogP contribution in [0, 0.1) is 6.92 Å². The van der Waals surface area contributed by atoms with Crippen molar-refractivity contribution in [1.29, 1.82) is 0 Å². The topological polar surface area (TPSA) is 56.1 Å². The largest absolute Gasteiger partial charge is 0.492 e. The minimum atomic E-state index is -0.0426. The first kappa shape index (κ1) is 24.6. The molecule has 4 aromatic carbocycles. The average molecular weight is 510 g/mol. The van der Waals surface area contributed by atoms with Gasteiger partial charge in [-0.05, 0) is 59.5 Å². The predicted octanol–water partition coefficient (Wildman–Crippen LogP) is 6.60. The fourth-order valence-electron chi connectivity index (χ4n) is 4.34. The zero-order valence-corrected chi connectivity index (χ0v) is 21.4. The summed E-state index contributed by atoms with van der Waals surface area (Å²) >= 11 is 6.12. The van der Waals surface area contributed by atoms with Crippen molar-refractivity contribution in [3.63, 3.8) is 0 Å². The van der Waals surface area contributed by atoms with Crippen molar-refractivity contribution in [2.45, 2.75) is 26.4 Å². The quantitative estimate of drug-likeness (QED) is 0.243. The lowest BCUT2D eigenvalue weighted by atomic mass is 10.0. The summed E-state index contributed by atoms with van der Waals surface area (Å²) in [5, 5.41) is 3.76. The Morgan fingerprint density at radius 2 is 1.65 bits per heavy atom. The van der Waals surface area contributed by atoms with E-state index in [1.165, 1.54) is 0 Å². The normalized spacial score (nSPS) is 11.0. The maximum absolute atomic E-state index is 12.7. The third-order valence-corrected chi connectivity index (χ3v) is 6.74. The van der Waals surface area contributed by atoms with Crippen LogP contribution in [-0.2, 0) is 24.3 Å². The Morgan fingerprint density at radius 3 is 2.43 bits per heavy atom. The Balaban J connectivity index is 1.22. The summed E-state index contributed by atoms with van der Waals surface area (Å²) in [5.41, 5.74) is 6.15. The van der Waals surface area contributed by atoms with Gasteiger partial charge in [0.1, 0.15) is 18.2 Å². The number of nitrogens with zero attached hydrogens (tertiary/aromatic N) is 2. The number of ether oxygens (including phenoxy) is 1. The first-order valence-corrected chi connectivity index (χ1v) is 12.7. The molecule has 0 radical (unpaired) electrons. The van der Waals surface area contributed by atoms with Gasteiger partial charge in [0.15, 0.2) is 0 Å². The molecule has 0 aliphatic heterocycles. The molecule has 1 amide bonds. The molecule has 5 aromatic rings. The van der Waals surface area contributed by atoms with Crippen LogP contribution >= 0.6 is 11.6 Å². The van der Waals surface area contributed by atoms with Gasteiger partial charge < -0.3 is 14.6 Å². The lowest BCUT2D eigenvalue weighted by Gasteiger charge is -2.12. The number of carbonyl (C=O) groups is 1.